The van der Waals surface area contributed by atoms with Crippen LogP contribution in [0.3, 0.4) is 0 Å². The van der Waals surface area contributed by atoms with Gasteiger partial charge in [-0.2, -0.15) is 0 Å². The zero-order valence-corrected chi connectivity index (χ0v) is 12.5. The van der Waals surface area contributed by atoms with Crippen LogP contribution in [-0.4, -0.2) is 33.6 Å². The first-order valence-corrected chi connectivity index (χ1v) is 9.47. The van der Waals surface area contributed by atoms with Gasteiger partial charge in [-0.15, -0.1) is 0 Å². The Hall–Kier alpha value is 0.186. The fourth-order valence-corrected chi connectivity index (χ4v) is 6.55. The van der Waals surface area contributed by atoms with Crippen molar-refractivity contribution in [3.8, 4) is 0 Å². The van der Waals surface area contributed by atoms with Crippen molar-refractivity contribution < 1.29 is 4.43 Å². The van der Waals surface area contributed by atoms with Crippen molar-refractivity contribution in [3.63, 3.8) is 0 Å². The maximum absolute atomic E-state index is 6.00. The van der Waals surface area contributed by atoms with Gasteiger partial charge in [0, 0.05) is 0 Å². The second-order valence-electron chi connectivity index (χ2n) is 3.83. The van der Waals surface area contributed by atoms with E-state index in [2.05, 4.69) is 57.3 Å². The van der Waals surface area contributed by atoms with Crippen LogP contribution in [0, 0.1) is 0 Å². The molecule has 0 aliphatic rings. The van der Waals surface area contributed by atoms with Crippen LogP contribution in [0.5, 0.6) is 0 Å². The summed E-state index contributed by atoms with van der Waals surface area (Å²) in [5, 5.41) is 0. The van der Waals surface area contributed by atoms with Gasteiger partial charge in [-0.3, -0.25) is 0 Å². The first-order chi connectivity index (χ1) is 6.49. The van der Waals surface area contributed by atoms with E-state index in [-0.39, 0.29) is 24.6 Å². The van der Waals surface area contributed by atoms with E-state index in [1.54, 1.807) is 0 Å². The molecule has 3 heteroatoms. The van der Waals surface area contributed by atoms with Crippen LogP contribution in [0.15, 0.2) is 30.3 Å². The molecule has 1 aromatic rings. The van der Waals surface area contributed by atoms with Gasteiger partial charge in [0.05, 0.1) is 0 Å². The molecule has 0 spiro atoms. The van der Waals surface area contributed by atoms with Crippen molar-refractivity contribution in [2.75, 3.05) is 0 Å². The Morgan fingerprint density at radius 2 is 1.71 bits per heavy atom. The minimum atomic E-state index is -0.578. The zero-order chi connectivity index (χ0) is 10.6. The molecule has 0 aromatic heterocycles. The molecule has 0 aliphatic carbocycles. The Morgan fingerprint density at radius 1 is 1.14 bits per heavy atom. The van der Waals surface area contributed by atoms with Crippen LogP contribution in [0.2, 0.25) is 13.1 Å². The predicted octanol–water partition coefficient (Wildman–Crippen LogP) is 2.02. The molecule has 0 saturated carbocycles. The van der Waals surface area contributed by atoms with Crippen LogP contribution in [0.4, 0.5) is 0 Å². The van der Waals surface area contributed by atoms with Gasteiger partial charge >= 0.3 is 98.9 Å². The maximum atomic E-state index is 6.00. The van der Waals surface area contributed by atoms with Gasteiger partial charge in [-0.05, 0) is 0 Å². The molecule has 14 heavy (non-hydrogen) atoms. The van der Waals surface area contributed by atoms with Crippen molar-refractivity contribution in [3.05, 3.63) is 30.3 Å². The Labute approximate surface area is 98.7 Å². The fourth-order valence-electron chi connectivity index (χ4n) is 1.28. The number of benzene rings is 1. The summed E-state index contributed by atoms with van der Waals surface area (Å²) >= 11 is -0.239. The summed E-state index contributed by atoms with van der Waals surface area (Å²) in [7, 11) is -0.578. The summed E-state index contributed by atoms with van der Waals surface area (Å²) in [6.07, 6.45) is 0. The first-order valence-electron chi connectivity index (χ1n) is 4.73. The minimum absolute atomic E-state index is 0.101. The molecule has 1 rings (SSSR count). The predicted molar refractivity (Wildman–Crippen MR) is 64.5 cm³/mol. The van der Waals surface area contributed by atoms with Crippen molar-refractivity contribution in [2.45, 2.75) is 30.6 Å². The molecule has 0 unspecified atom stereocenters. The van der Waals surface area contributed by atoms with Crippen LogP contribution >= 0.6 is 0 Å². The van der Waals surface area contributed by atoms with Crippen LogP contribution in [0.25, 0.3) is 0 Å². The summed E-state index contributed by atoms with van der Waals surface area (Å²) in [6.45, 7) is 8.84. The van der Waals surface area contributed by atoms with Crippen LogP contribution < -0.4 is 3.61 Å². The van der Waals surface area contributed by atoms with E-state index in [0.29, 0.717) is 0 Å². The molecule has 0 aliphatic heterocycles. The second-order valence-corrected chi connectivity index (χ2v) is 10.6. The first kappa shape index (κ1) is 12.3. The van der Waals surface area contributed by atoms with Gasteiger partial charge in [-0.25, -0.2) is 0 Å². The summed E-state index contributed by atoms with van der Waals surface area (Å²) in [5.41, 5.74) is 0. The molecule has 77 valence electrons. The Bertz CT molecular complexity index is 272. The van der Waals surface area contributed by atoms with Crippen molar-refractivity contribution in [1.29, 1.82) is 0 Å². The third-order valence-electron chi connectivity index (χ3n) is 1.56. The molecule has 1 radical (unpaired) electrons. The standard InChI is InChI=1S/C11H17OSiTe/c1-11(2,12-13(3)4)14-10-8-6-5-7-9-10/h5-9H,1-4H3. The van der Waals surface area contributed by atoms with Gasteiger partial charge in [0.1, 0.15) is 0 Å². The molecular formula is C11H17OSiTe. The van der Waals surface area contributed by atoms with E-state index in [9.17, 15) is 0 Å². The van der Waals surface area contributed by atoms with Gasteiger partial charge < -0.3 is 0 Å². The van der Waals surface area contributed by atoms with Gasteiger partial charge in [-0.1, -0.05) is 0 Å². The normalized spacial score (nSPS) is 12.1. The molecule has 0 heterocycles. The number of hydrogen-bond donors (Lipinski definition) is 0. The summed E-state index contributed by atoms with van der Waals surface area (Å²) < 4.78 is 7.58. The van der Waals surface area contributed by atoms with Gasteiger partial charge in [0.2, 0.25) is 0 Å². The quantitative estimate of drug-likeness (QED) is 0.771. The Morgan fingerprint density at radius 3 is 2.21 bits per heavy atom. The van der Waals surface area contributed by atoms with E-state index < -0.39 is 9.04 Å². The molecule has 0 fully saturated rings. The van der Waals surface area contributed by atoms with E-state index in [0.717, 1.165) is 0 Å². The fraction of sp³-hybridized carbons (Fsp3) is 0.455. The van der Waals surface area contributed by atoms with Crippen molar-refractivity contribution >= 4 is 33.6 Å². The average Bonchev–Trinajstić information content (AvgIpc) is 2.02. The van der Waals surface area contributed by atoms with Gasteiger partial charge in [0.15, 0.2) is 0 Å². The molecule has 1 aromatic carbocycles. The monoisotopic (exact) mass is 323 g/mol. The van der Waals surface area contributed by atoms with E-state index in [4.69, 9.17) is 4.43 Å². The van der Waals surface area contributed by atoms with Crippen LogP contribution in [-0.2, 0) is 4.43 Å². The Kier molecular flexibility index (Phi) is 4.66. The number of rotatable bonds is 4. The molecule has 0 amide bonds. The van der Waals surface area contributed by atoms with Crippen molar-refractivity contribution in [2.24, 2.45) is 0 Å². The molecule has 0 bridgehead atoms. The third-order valence-corrected chi connectivity index (χ3v) is 6.02. The third kappa shape index (κ3) is 4.61. The van der Waals surface area contributed by atoms with E-state index >= 15 is 0 Å². The van der Waals surface area contributed by atoms with Crippen LogP contribution in [0.1, 0.15) is 13.8 Å². The summed E-state index contributed by atoms with van der Waals surface area (Å²) in [4.78, 5) is 0. The molecule has 1 nitrogen and oxygen atoms in total. The van der Waals surface area contributed by atoms with E-state index in [1.807, 2.05) is 0 Å². The van der Waals surface area contributed by atoms with Crippen molar-refractivity contribution in [1.82, 2.24) is 0 Å². The summed E-state index contributed by atoms with van der Waals surface area (Å²) in [6, 6.07) is 10.7. The Balaban J connectivity index is 2.59. The molecule has 0 N–H and O–H groups in total. The topological polar surface area (TPSA) is 9.23 Å². The summed E-state index contributed by atoms with van der Waals surface area (Å²) in [5.74, 6) is 0. The second kappa shape index (κ2) is 5.32. The number of hydrogen-bond acceptors (Lipinski definition) is 1. The molecule has 0 saturated heterocycles. The van der Waals surface area contributed by atoms with E-state index in [1.165, 1.54) is 3.61 Å². The van der Waals surface area contributed by atoms with Gasteiger partial charge in [0.25, 0.3) is 0 Å². The zero-order valence-electron chi connectivity index (χ0n) is 9.20. The molecular weight excluding hydrogens is 304 g/mol. The molecule has 0 atom stereocenters. The average molecular weight is 321 g/mol. The SMILES string of the molecule is C[Si](C)OC(C)(C)[Te]c1ccccc1.